The zero-order chi connectivity index (χ0) is 16.2. The molecule has 0 aliphatic heterocycles. The monoisotopic (exact) mass is 312 g/mol. The first-order valence-electron chi connectivity index (χ1n) is 7.89. The summed E-state index contributed by atoms with van der Waals surface area (Å²) in [4.78, 5) is 35.6. The molecule has 120 valence electrons. The maximum atomic E-state index is 12.4. The van der Waals surface area contributed by atoms with E-state index in [0.717, 1.165) is 23.2 Å². The van der Waals surface area contributed by atoms with Crippen LogP contribution in [-0.4, -0.2) is 20.9 Å². The molecule has 6 heteroatoms. The van der Waals surface area contributed by atoms with E-state index in [0.29, 0.717) is 31.6 Å². The van der Waals surface area contributed by atoms with E-state index in [2.05, 4.69) is 20.3 Å². The Balaban J connectivity index is 1.64. The Morgan fingerprint density at radius 2 is 2.22 bits per heavy atom. The summed E-state index contributed by atoms with van der Waals surface area (Å²) in [6.07, 6.45) is 6.13. The van der Waals surface area contributed by atoms with E-state index in [-0.39, 0.29) is 17.4 Å². The van der Waals surface area contributed by atoms with Crippen molar-refractivity contribution < 1.29 is 4.79 Å². The molecular formula is C17H20N4O2. The maximum absolute atomic E-state index is 12.4. The molecule has 1 amide bonds. The van der Waals surface area contributed by atoms with E-state index in [1.54, 1.807) is 19.3 Å². The second-order valence-corrected chi connectivity index (χ2v) is 5.93. The van der Waals surface area contributed by atoms with Crippen molar-refractivity contribution in [3.05, 3.63) is 57.5 Å². The molecule has 0 bridgehead atoms. The van der Waals surface area contributed by atoms with Crippen molar-refractivity contribution in [1.29, 1.82) is 0 Å². The number of hydrogen-bond donors (Lipinski definition) is 2. The minimum atomic E-state index is -0.0828. The summed E-state index contributed by atoms with van der Waals surface area (Å²) in [6, 6.07) is 3.78. The van der Waals surface area contributed by atoms with Gasteiger partial charge in [-0.3, -0.25) is 14.6 Å². The van der Waals surface area contributed by atoms with Gasteiger partial charge in [-0.05, 0) is 44.2 Å². The summed E-state index contributed by atoms with van der Waals surface area (Å²) in [5.41, 5.74) is 2.49. The fraction of sp³-hybridized carbons (Fsp3) is 0.412. The second kappa shape index (κ2) is 6.73. The van der Waals surface area contributed by atoms with E-state index in [1.165, 1.54) is 0 Å². The Hall–Kier alpha value is -2.50. The van der Waals surface area contributed by atoms with Gasteiger partial charge in [0, 0.05) is 30.4 Å². The number of H-pyrrole nitrogens is 1. The SMILES string of the molecule is Cc1nc2c(c(=O)[nH]1)CCC(C(=O)NCc1cccnc1)CC2. The Kier molecular flexibility index (Phi) is 4.50. The van der Waals surface area contributed by atoms with Crippen LogP contribution in [0.4, 0.5) is 0 Å². The fourth-order valence-electron chi connectivity index (χ4n) is 3.01. The second-order valence-electron chi connectivity index (χ2n) is 5.93. The summed E-state index contributed by atoms with van der Waals surface area (Å²) in [5, 5.41) is 2.96. The minimum Gasteiger partial charge on any atom is -0.352 e. The number of rotatable bonds is 3. The molecule has 1 unspecified atom stereocenters. The van der Waals surface area contributed by atoms with Crippen LogP contribution in [0.15, 0.2) is 29.3 Å². The summed E-state index contributed by atoms with van der Waals surface area (Å²) in [7, 11) is 0. The van der Waals surface area contributed by atoms with E-state index < -0.39 is 0 Å². The van der Waals surface area contributed by atoms with Gasteiger partial charge in [0.1, 0.15) is 5.82 Å². The van der Waals surface area contributed by atoms with Gasteiger partial charge in [0.2, 0.25) is 5.91 Å². The Morgan fingerprint density at radius 1 is 1.39 bits per heavy atom. The number of amides is 1. The zero-order valence-electron chi connectivity index (χ0n) is 13.1. The largest absolute Gasteiger partial charge is 0.352 e. The molecule has 0 saturated carbocycles. The number of carbonyl (C=O) groups is 1. The van der Waals surface area contributed by atoms with Gasteiger partial charge in [0.15, 0.2) is 0 Å². The van der Waals surface area contributed by atoms with Gasteiger partial charge in [0.25, 0.3) is 5.56 Å². The number of pyridine rings is 1. The van der Waals surface area contributed by atoms with Gasteiger partial charge in [-0.25, -0.2) is 4.98 Å². The van der Waals surface area contributed by atoms with Gasteiger partial charge >= 0.3 is 0 Å². The highest BCUT2D eigenvalue weighted by Gasteiger charge is 2.24. The van der Waals surface area contributed by atoms with Crippen LogP contribution in [-0.2, 0) is 24.2 Å². The zero-order valence-corrected chi connectivity index (χ0v) is 13.1. The van der Waals surface area contributed by atoms with Crippen LogP contribution in [0, 0.1) is 12.8 Å². The molecule has 0 fully saturated rings. The van der Waals surface area contributed by atoms with Crippen LogP contribution in [0.25, 0.3) is 0 Å². The van der Waals surface area contributed by atoms with E-state index in [9.17, 15) is 9.59 Å². The first-order chi connectivity index (χ1) is 11.1. The van der Waals surface area contributed by atoms with Crippen molar-refractivity contribution in [3.8, 4) is 0 Å². The lowest BCUT2D eigenvalue weighted by Crippen LogP contribution is -2.30. The quantitative estimate of drug-likeness (QED) is 0.836. The molecule has 2 N–H and O–H groups in total. The van der Waals surface area contributed by atoms with Crippen LogP contribution in [0.2, 0.25) is 0 Å². The normalized spacial score (nSPS) is 17.2. The van der Waals surface area contributed by atoms with Crippen molar-refractivity contribution in [3.63, 3.8) is 0 Å². The molecule has 1 aliphatic carbocycles. The Bertz CT molecular complexity index is 755. The molecule has 1 aliphatic rings. The first kappa shape index (κ1) is 15.4. The van der Waals surface area contributed by atoms with Gasteiger partial charge in [-0.2, -0.15) is 0 Å². The lowest BCUT2D eigenvalue weighted by molar-refractivity contribution is -0.125. The predicted octanol–water partition coefficient (Wildman–Crippen LogP) is 1.28. The van der Waals surface area contributed by atoms with Crippen molar-refractivity contribution in [2.24, 2.45) is 5.92 Å². The molecule has 2 heterocycles. The number of nitrogens with one attached hydrogen (secondary N) is 2. The fourth-order valence-corrected chi connectivity index (χ4v) is 3.01. The van der Waals surface area contributed by atoms with Gasteiger partial charge in [0.05, 0.1) is 5.69 Å². The average Bonchev–Trinajstić information content (AvgIpc) is 2.76. The van der Waals surface area contributed by atoms with Crippen LogP contribution < -0.4 is 10.9 Å². The minimum absolute atomic E-state index is 0.0369. The highest BCUT2D eigenvalue weighted by Crippen LogP contribution is 2.21. The molecule has 0 saturated heterocycles. The summed E-state index contributed by atoms with van der Waals surface area (Å²) < 4.78 is 0. The number of carbonyl (C=O) groups excluding carboxylic acids is 1. The number of fused-ring (bicyclic) bond motifs is 1. The summed E-state index contributed by atoms with van der Waals surface area (Å²) in [6.45, 7) is 2.26. The average molecular weight is 312 g/mol. The van der Waals surface area contributed by atoms with Gasteiger partial charge in [-0.1, -0.05) is 6.07 Å². The van der Waals surface area contributed by atoms with E-state index in [1.807, 2.05) is 12.1 Å². The van der Waals surface area contributed by atoms with Crippen molar-refractivity contribution in [2.45, 2.75) is 39.2 Å². The number of hydrogen-bond acceptors (Lipinski definition) is 4. The van der Waals surface area contributed by atoms with Crippen LogP contribution >= 0.6 is 0 Å². The van der Waals surface area contributed by atoms with Crippen molar-refractivity contribution in [2.75, 3.05) is 0 Å². The van der Waals surface area contributed by atoms with E-state index >= 15 is 0 Å². The molecular weight excluding hydrogens is 292 g/mol. The standard InChI is InChI=1S/C17H20N4O2/c1-11-20-15-7-5-13(4-6-14(15)17(23)21-11)16(22)19-10-12-3-2-8-18-9-12/h2-3,8-9,13H,4-7,10H2,1H3,(H,19,22)(H,20,21,23). The molecule has 6 nitrogen and oxygen atoms in total. The molecule has 0 aromatic carbocycles. The van der Waals surface area contributed by atoms with Crippen LogP contribution in [0.3, 0.4) is 0 Å². The Morgan fingerprint density at radius 3 is 3.00 bits per heavy atom. The smallest absolute Gasteiger partial charge is 0.254 e. The summed E-state index contributed by atoms with van der Waals surface area (Å²) >= 11 is 0. The topological polar surface area (TPSA) is 87.7 Å². The highest BCUT2D eigenvalue weighted by atomic mass is 16.2. The first-order valence-corrected chi connectivity index (χ1v) is 7.89. The molecule has 23 heavy (non-hydrogen) atoms. The van der Waals surface area contributed by atoms with Gasteiger partial charge in [-0.15, -0.1) is 0 Å². The predicted molar refractivity (Wildman–Crippen MR) is 85.8 cm³/mol. The van der Waals surface area contributed by atoms with Crippen LogP contribution in [0.5, 0.6) is 0 Å². The molecule has 1 atom stereocenters. The molecule has 2 aromatic rings. The maximum Gasteiger partial charge on any atom is 0.254 e. The molecule has 3 rings (SSSR count). The van der Waals surface area contributed by atoms with Gasteiger partial charge < -0.3 is 10.3 Å². The number of nitrogens with zero attached hydrogens (tertiary/aromatic N) is 2. The molecule has 0 spiro atoms. The lowest BCUT2D eigenvalue weighted by Gasteiger charge is -2.13. The van der Waals surface area contributed by atoms with Crippen molar-refractivity contribution in [1.82, 2.24) is 20.3 Å². The third kappa shape index (κ3) is 3.64. The molecule has 2 aromatic heterocycles. The number of aryl methyl sites for hydroxylation is 2. The number of aromatic nitrogens is 3. The third-order valence-electron chi connectivity index (χ3n) is 4.25. The van der Waals surface area contributed by atoms with Crippen molar-refractivity contribution >= 4 is 5.91 Å². The number of aromatic amines is 1. The third-order valence-corrected chi connectivity index (χ3v) is 4.25. The molecule has 0 radical (unpaired) electrons. The lowest BCUT2D eigenvalue weighted by atomic mass is 9.99. The highest BCUT2D eigenvalue weighted by molar-refractivity contribution is 5.78. The van der Waals surface area contributed by atoms with E-state index in [4.69, 9.17) is 0 Å². The summed E-state index contributed by atoms with van der Waals surface area (Å²) in [5.74, 6) is 0.587. The van der Waals surface area contributed by atoms with Crippen LogP contribution in [0.1, 0.15) is 35.5 Å². The Labute approximate surface area is 134 Å².